The molecular formula is C18H35N5OS. The van der Waals surface area contributed by atoms with Gasteiger partial charge in [-0.25, -0.2) is 0 Å². The van der Waals surface area contributed by atoms with E-state index >= 15 is 0 Å². The largest absolute Gasteiger partial charge is 0.396 e. The molecule has 0 aromatic carbocycles. The number of nitrogens with zero attached hydrogens (tertiary/aromatic N) is 2. The molecule has 0 aromatic rings. The minimum Gasteiger partial charge on any atom is -0.396 e. The van der Waals surface area contributed by atoms with Gasteiger partial charge in [0.2, 0.25) is 0 Å². The highest BCUT2D eigenvalue weighted by atomic mass is 32.2. The van der Waals surface area contributed by atoms with Gasteiger partial charge in [0.15, 0.2) is 0 Å². The molecule has 25 heavy (non-hydrogen) atoms. The Hall–Kier alpha value is 0.110. The first-order chi connectivity index (χ1) is 12.2. The molecule has 1 saturated carbocycles. The number of rotatable bonds is 4. The molecule has 6 nitrogen and oxygen atoms in total. The maximum Gasteiger partial charge on any atom is 0.109 e. The molecule has 4 rings (SSSR count). The van der Waals surface area contributed by atoms with Crippen LogP contribution in [-0.2, 0) is 0 Å². The first kappa shape index (κ1) is 18.5. The fourth-order valence-electron chi connectivity index (χ4n) is 5.22. The first-order valence-electron chi connectivity index (χ1n) is 10.2. The second kappa shape index (κ2) is 8.00. The highest BCUT2D eigenvalue weighted by molar-refractivity contribution is 8.00. The third-order valence-corrected chi connectivity index (χ3v) is 8.38. The number of piperazine rings is 1. The molecule has 7 unspecified atom stereocenters. The van der Waals surface area contributed by atoms with Gasteiger partial charge in [-0.15, -0.1) is 11.8 Å². The molecule has 4 aliphatic rings. The number of aliphatic hydroxyl groups excluding tert-OH is 1. The summed E-state index contributed by atoms with van der Waals surface area (Å²) in [5, 5.41) is 17.5. The van der Waals surface area contributed by atoms with E-state index in [4.69, 9.17) is 10.8 Å². The van der Waals surface area contributed by atoms with Crippen LogP contribution in [0.3, 0.4) is 0 Å². The summed E-state index contributed by atoms with van der Waals surface area (Å²) in [6, 6.07) is 2.01. The van der Waals surface area contributed by atoms with Crippen molar-refractivity contribution in [2.24, 2.45) is 11.7 Å². The number of thioether (sulfide) groups is 1. The van der Waals surface area contributed by atoms with E-state index in [9.17, 15) is 0 Å². The maximum atomic E-state index is 9.01. The molecule has 5 N–H and O–H groups in total. The highest BCUT2D eigenvalue weighted by Gasteiger charge is 2.49. The van der Waals surface area contributed by atoms with E-state index in [1.807, 2.05) is 0 Å². The summed E-state index contributed by atoms with van der Waals surface area (Å²) >= 11 is 2.17. The predicted molar refractivity (Wildman–Crippen MR) is 104 cm³/mol. The lowest BCUT2D eigenvalue weighted by atomic mass is 9.73. The second-order valence-corrected chi connectivity index (χ2v) is 9.70. The second-order valence-electron chi connectivity index (χ2n) is 8.38. The Kier molecular flexibility index (Phi) is 5.91. The Balaban J connectivity index is 1.32. The number of hydrogen-bond donors (Lipinski definition) is 4. The normalized spacial score (nSPS) is 46.0. The fourth-order valence-corrected chi connectivity index (χ4v) is 6.89. The Morgan fingerprint density at radius 2 is 1.96 bits per heavy atom. The Morgan fingerprint density at radius 1 is 1.16 bits per heavy atom. The fraction of sp³-hybridized carbons (Fsp3) is 1.00. The van der Waals surface area contributed by atoms with Crippen molar-refractivity contribution in [3.63, 3.8) is 0 Å². The summed E-state index contributed by atoms with van der Waals surface area (Å²) in [5.41, 5.74) is 6.85. The molecule has 3 aliphatic heterocycles. The van der Waals surface area contributed by atoms with Gasteiger partial charge in [0, 0.05) is 68.7 Å². The van der Waals surface area contributed by atoms with Crippen molar-refractivity contribution < 1.29 is 5.11 Å². The molecule has 0 spiro atoms. The van der Waals surface area contributed by atoms with E-state index in [0.29, 0.717) is 42.2 Å². The molecular weight excluding hydrogens is 334 g/mol. The number of nitrogens with two attached hydrogens (primary N) is 1. The SMILES string of the molecule is CC1NC2CCC3SC(N4CCN(CCCO)CC4)NC3C2CC1N. The summed E-state index contributed by atoms with van der Waals surface area (Å²) < 4.78 is 0. The molecule has 0 radical (unpaired) electrons. The highest BCUT2D eigenvalue weighted by Crippen LogP contribution is 2.43. The van der Waals surface area contributed by atoms with E-state index < -0.39 is 0 Å². The lowest BCUT2D eigenvalue weighted by Gasteiger charge is -2.47. The van der Waals surface area contributed by atoms with Crippen molar-refractivity contribution in [3.8, 4) is 0 Å². The van der Waals surface area contributed by atoms with Gasteiger partial charge in [0.05, 0.1) is 0 Å². The zero-order chi connectivity index (χ0) is 17.4. The zero-order valence-electron chi connectivity index (χ0n) is 15.4. The van der Waals surface area contributed by atoms with E-state index in [-0.39, 0.29) is 0 Å². The topological polar surface area (TPSA) is 76.8 Å². The van der Waals surface area contributed by atoms with Gasteiger partial charge >= 0.3 is 0 Å². The third-order valence-electron chi connectivity index (χ3n) is 6.81. The Labute approximate surface area is 156 Å². The molecule has 4 fully saturated rings. The third kappa shape index (κ3) is 3.88. The molecule has 144 valence electrons. The van der Waals surface area contributed by atoms with Crippen LogP contribution in [0.1, 0.15) is 32.6 Å². The van der Waals surface area contributed by atoms with Crippen LogP contribution in [0.25, 0.3) is 0 Å². The van der Waals surface area contributed by atoms with Crippen molar-refractivity contribution in [1.29, 1.82) is 0 Å². The summed E-state index contributed by atoms with van der Waals surface area (Å²) in [6.45, 7) is 8.11. The Morgan fingerprint density at radius 3 is 2.72 bits per heavy atom. The lowest BCUT2D eigenvalue weighted by molar-refractivity contribution is 0.0896. The smallest absolute Gasteiger partial charge is 0.109 e. The zero-order valence-corrected chi connectivity index (χ0v) is 16.3. The van der Waals surface area contributed by atoms with Gasteiger partial charge in [0.1, 0.15) is 5.50 Å². The summed E-state index contributed by atoms with van der Waals surface area (Å²) in [6.07, 6.45) is 4.69. The van der Waals surface area contributed by atoms with E-state index in [0.717, 1.165) is 50.8 Å². The van der Waals surface area contributed by atoms with Crippen LogP contribution < -0.4 is 16.4 Å². The predicted octanol–water partition coefficient (Wildman–Crippen LogP) is -0.169. The van der Waals surface area contributed by atoms with E-state index in [1.165, 1.54) is 12.8 Å². The minimum atomic E-state index is 0.293. The van der Waals surface area contributed by atoms with Gasteiger partial charge < -0.3 is 21.1 Å². The monoisotopic (exact) mass is 369 g/mol. The number of nitrogens with one attached hydrogen (secondary N) is 2. The van der Waals surface area contributed by atoms with Gasteiger partial charge in [-0.1, -0.05) is 0 Å². The molecule has 7 atom stereocenters. The van der Waals surface area contributed by atoms with Crippen molar-refractivity contribution in [2.75, 3.05) is 39.3 Å². The summed E-state index contributed by atoms with van der Waals surface area (Å²) in [5.74, 6) is 0.688. The van der Waals surface area contributed by atoms with Crippen LogP contribution in [0.4, 0.5) is 0 Å². The molecule has 3 saturated heterocycles. The standard InChI is InChI=1S/C18H35N5OS/c1-12-14(19)11-13-15(20-12)3-4-16-17(13)21-18(25-16)23-8-6-22(7-9-23)5-2-10-24/h12-18,20-21,24H,2-11,19H2,1H3. The molecule has 3 heterocycles. The number of aliphatic hydroxyl groups is 1. The van der Waals surface area contributed by atoms with Crippen molar-refractivity contribution in [3.05, 3.63) is 0 Å². The quantitative estimate of drug-likeness (QED) is 0.548. The number of fused-ring (bicyclic) bond motifs is 3. The number of piperidine rings is 1. The van der Waals surface area contributed by atoms with E-state index in [1.54, 1.807) is 0 Å². The van der Waals surface area contributed by atoms with Crippen molar-refractivity contribution >= 4 is 11.8 Å². The van der Waals surface area contributed by atoms with Crippen LogP contribution in [0.15, 0.2) is 0 Å². The van der Waals surface area contributed by atoms with Crippen molar-refractivity contribution in [1.82, 2.24) is 20.4 Å². The van der Waals surface area contributed by atoms with Crippen LogP contribution in [0, 0.1) is 5.92 Å². The maximum absolute atomic E-state index is 9.01. The van der Waals surface area contributed by atoms with Crippen molar-refractivity contribution in [2.45, 2.75) is 67.5 Å². The molecule has 1 aliphatic carbocycles. The summed E-state index contributed by atoms with van der Waals surface area (Å²) in [7, 11) is 0. The van der Waals surface area contributed by atoms with Gasteiger partial charge in [-0.2, -0.15) is 0 Å². The van der Waals surface area contributed by atoms with E-state index in [2.05, 4.69) is 39.1 Å². The van der Waals surface area contributed by atoms with Gasteiger partial charge in [-0.3, -0.25) is 10.2 Å². The Bertz CT molecular complexity index is 447. The van der Waals surface area contributed by atoms with Crippen LogP contribution in [0.2, 0.25) is 0 Å². The minimum absolute atomic E-state index is 0.293. The first-order valence-corrected chi connectivity index (χ1v) is 11.1. The van der Waals surface area contributed by atoms with Crippen LogP contribution >= 0.6 is 11.8 Å². The van der Waals surface area contributed by atoms with Gasteiger partial charge in [-0.05, 0) is 38.5 Å². The molecule has 7 heteroatoms. The van der Waals surface area contributed by atoms with Crippen LogP contribution in [0.5, 0.6) is 0 Å². The molecule has 0 bridgehead atoms. The van der Waals surface area contributed by atoms with Crippen LogP contribution in [-0.4, -0.2) is 89.2 Å². The lowest BCUT2D eigenvalue weighted by Crippen LogP contribution is -2.64. The average Bonchev–Trinajstić information content (AvgIpc) is 3.06. The number of hydrogen-bond acceptors (Lipinski definition) is 7. The molecule has 0 aromatic heterocycles. The summed E-state index contributed by atoms with van der Waals surface area (Å²) in [4.78, 5) is 5.12. The average molecular weight is 370 g/mol. The molecule has 0 amide bonds. The van der Waals surface area contributed by atoms with Gasteiger partial charge in [0.25, 0.3) is 0 Å².